The summed E-state index contributed by atoms with van der Waals surface area (Å²) >= 11 is 0. The van der Waals surface area contributed by atoms with Gasteiger partial charge in [-0.05, 0) is 30.5 Å². The Hall–Kier alpha value is -2.70. The summed E-state index contributed by atoms with van der Waals surface area (Å²) in [6.07, 6.45) is 4.78. The second-order valence-corrected chi connectivity index (χ2v) is 7.73. The number of carbonyl (C=O) groups is 2. The van der Waals surface area contributed by atoms with Crippen LogP contribution in [0.2, 0.25) is 0 Å². The van der Waals surface area contributed by atoms with E-state index in [1.807, 2.05) is 33.8 Å². The van der Waals surface area contributed by atoms with E-state index in [0.29, 0.717) is 32.0 Å². The first-order chi connectivity index (χ1) is 13.0. The molecule has 2 aromatic heterocycles. The molecule has 3 atom stereocenters. The summed E-state index contributed by atoms with van der Waals surface area (Å²) in [6, 6.07) is 7.50. The van der Waals surface area contributed by atoms with Crippen LogP contribution < -0.4 is 0 Å². The van der Waals surface area contributed by atoms with Gasteiger partial charge in [-0.15, -0.1) is 0 Å². The quantitative estimate of drug-likeness (QED) is 0.809. The topological polar surface area (TPSA) is 71.3 Å². The van der Waals surface area contributed by atoms with Crippen LogP contribution in [0.25, 0.3) is 0 Å². The number of hydrogen-bond donors (Lipinski definition) is 0. The molecular weight excluding hydrogens is 342 g/mol. The molecule has 1 aliphatic carbocycles. The van der Waals surface area contributed by atoms with E-state index in [2.05, 4.69) is 17.0 Å². The number of hydrogen-bond acceptors (Lipinski definition) is 4. The predicted molar refractivity (Wildman–Crippen MR) is 99.3 cm³/mol. The molecule has 0 radical (unpaired) electrons. The molecule has 0 spiro atoms. The molecule has 1 aliphatic heterocycles. The van der Waals surface area contributed by atoms with Gasteiger partial charge in [0.1, 0.15) is 0 Å². The van der Waals surface area contributed by atoms with Gasteiger partial charge in [0, 0.05) is 31.9 Å². The van der Waals surface area contributed by atoms with Crippen LogP contribution in [0.1, 0.15) is 37.2 Å². The van der Waals surface area contributed by atoms with Crippen molar-refractivity contribution >= 4 is 11.8 Å². The van der Waals surface area contributed by atoms with Crippen LogP contribution in [0.4, 0.5) is 0 Å². The second kappa shape index (κ2) is 7.13. The lowest BCUT2D eigenvalue weighted by molar-refractivity contribution is -0.137. The van der Waals surface area contributed by atoms with Crippen molar-refractivity contribution in [2.75, 3.05) is 13.6 Å². The Balaban J connectivity index is 1.44. The van der Waals surface area contributed by atoms with Crippen LogP contribution in [-0.4, -0.2) is 50.0 Å². The molecule has 7 nitrogen and oxygen atoms in total. The standard InChI is InChI=1S/C20H25N5O2/c1-14-9-18(14)20(27)24-12-16-6-8-22-25(16)17(13-24)10-19(26)23(2)11-15-5-3-4-7-21-15/h3-8,14,17-18H,9-13H2,1-2H3/t14-,17-,18+/m1/s1. The third-order valence-corrected chi connectivity index (χ3v) is 5.58. The molecular formula is C20H25N5O2. The van der Waals surface area contributed by atoms with Crippen molar-refractivity contribution in [3.05, 3.63) is 48.0 Å². The van der Waals surface area contributed by atoms with Crippen molar-refractivity contribution in [2.24, 2.45) is 11.8 Å². The van der Waals surface area contributed by atoms with E-state index in [1.54, 1.807) is 24.3 Å². The molecule has 0 bridgehead atoms. The summed E-state index contributed by atoms with van der Waals surface area (Å²) in [5, 5.41) is 4.40. The number of rotatable bonds is 5. The number of nitrogens with zero attached hydrogens (tertiary/aromatic N) is 5. The van der Waals surface area contributed by atoms with Gasteiger partial charge in [0.15, 0.2) is 0 Å². The minimum absolute atomic E-state index is 0.0289. The first-order valence-corrected chi connectivity index (χ1v) is 9.48. The average molecular weight is 367 g/mol. The number of fused-ring (bicyclic) bond motifs is 1. The van der Waals surface area contributed by atoms with E-state index in [1.165, 1.54) is 0 Å². The Kier molecular flexibility index (Phi) is 4.68. The van der Waals surface area contributed by atoms with Crippen molar-refractivity contribution in [3.63, 3.8) is 0 Å². The van der Waals surface area contributed by atoms with E-state index in [0.717, 1.165) is 17.8 Å². The summed E-state index contributed by atoms with van der Waals surface area (Å²) < 4.78 is 1.91. The Morgan fingerprint density at radius 2 is 2.07 bits per heavy atom. The van der Waals surface area contributed by atoms with Gasteiger partial charge in [-0.2, -0.15) is 5.10 Å². The highest BCUT2D eigenvalue weighted by Gasteiger charge is 2.43. The zero-order valence-electron chi connectivity index (χ0n) is 15.8. The van der Waals surface area contributed by atoms with Crippen molar-refractivity contribution < 1.29 is 9.59 Å². The lowest BCUT2D eigenvalue weighted by Gasteiger charge is -2.34. The lowest BCUT2D eigenvalue weighted by Crippen LogP contribution is -2.43. The number of aromatic nitrogens is 3. The lowest BCUT2D eigenvalue weighted by atomic mass is 10.1. The largest absolute Gasteiger partial charge is 0.340 e. The monoisotopic (exact) mass is 367 g/mol. The van der Waals surface area contributed by atoms with Gasteiger partial charge in [0.2, 0.25) is 11.8 Å². The Bertz CT molecular complexity index is 834. The summed E-state index contributed by atoms with van der Waals surface area (Å²) in [5.74, 6) is 0.881. The fourth-order valence-electron chi connectivity index (χ4n) is 3.79. The highest BCUT2D eigenvalue weighted by molar-refractivity contribution is 5.82. The maximum Gasteiger partial charge on any atom is 0.226 e. The molecule has 1 saturated carbocycles. The van der Waals surface area contributed by atoms with E-state index >= 15 is 0 Å². The number of carbonyl (C=O) groups excluding carboxylic acids is 2. The third-order valence-electron chi connectivity index (χ3n) is 5.58. The number of pyridine rings is 1. The molecule has 2 amide bonds. The van der Waals surface area contributed by atoms with Crippen LogP contribution in [0.15, 0.2) is 36.7 Å². The van der Waals surface area contributed by atoms with Crippen molar-refractivity contribution in [2.45, 2.75) is 38.9 Å². The minimum Gasteiger partial charge on any atom is -0.340 e. The normalized spacial score (nSPS) is 23.6. The molecule has 142 valence electrons. The molecule has 7 heteroatoms. The first kappa shape index (κ1) is 17.7. The van der Waals surface area contributed by atoms with E-state index in [9.17, 15) is 9.59 Å². The molecule has 2 aliphatic rings. The first-order valence-electron chi connectivity index (χ1n) is 9.48. The van der Waals surface area contributed by atoms with Gasteiger partial charge in [-0.25, -0.2) is 0 Å². The molecule has 3 heterocycles. The zero-order valence-corrected chi connectivity index (χ0v) is 15.8. The van der Waals surface area contributed by atoms with E-state index in [4.69, 9.17) is 0 Å². The predicted octanol–water partition coefficient (Wildman–Crippen LogP) is 1.87. The molecule has 1 fully saturated rings. The van der Waals surface area contributed by atoms with Gasteiger partial charge >= 0.3 is 0 Å². The van der Waals surface area contributed by atoms with Crippen LogP contribution in [0, 0.1) is 11.8 Å². The van der Waals surface area contributed by atoms with Gasteiger partial charge < -0.3 is 9.80 Å². The Morgan fingerprint density at radius 1 is 1.26 bits per heavy atom. The highest BCUT2D eigenvalue weighted by atomic mass is 16.2. The maximum absolute atomic E-state index is 12.8. The Morgan fingerprint density at radius 3 is 2.78 bits per heavy atom. The van der Waals surface area contributed by atoms with Crippen molar-refractivity contribution in [3.8, 4) is 0 Å². The molecule has 0 aromatic carbocycles. The van der Waals surface area contributed by atoms with E-state index in [-0.39, 0.29) is 23.8 Å². The fraction of sp³-hybridized carbons (Fsp3) is 0.500. The van der Waals surface area contributed by atoms with Gasteiger partial charge in [-0.1, -0.05) is 13.0 Å². The SMILES string of the molecule is C[C@@H]1C[C@@H]1C(=O)N1Cc2ccnn2[C@H](CC(=O)N(C)Cc2ccccn2)C1. The van der Waals surface area contributed by atoms with Gasteiger partial charge in [0.25, 0.3) is 0 Å². The summed E-state index contributed by atoms with van der Waals surface area (Å²) in [6.45, 7) is 3.71. The van der Waals surface area contributed by atoms with Crippen molar-refractivity contribution in [1.82, 2.24) is 24.6 Å². The summed E-state index contributed by atoms with van der Waals surface area (Å²) in [7, 11) is 1.79. The third kappa shape index (κ3) is 3.72. The fourth-order valence-corrected chi connectivity index (χ4v) is 3.79. The Labute approximate surface area is 159 Å². The van der Waals surface area contributed by atoms with Crippen molar-refractivity contribution in [1.29, 1.82) is 0 Å². The summed E-state index contributed by atoms with van der Waals surface area (Å²) in [5.41, 5.74) is 1.85. The maximum atomic E-state index is 12.8. The van der Waals surface area contributed by atoms with Crippen LogP contribution in [-0.2, 0) is 22.7 Å². The zero-order chi connectivity index (χ0) is 19.0. The van der Waals surface area contributed by atoms with Gasteiger partial charge in [-0.3, -0.25) is 19.3 Å². The molecule has 2 aromatic rings. The second-order valence-electron chi connectivity index (χ2n) is 7.73. The van der Waals surface area contributed by atoms with Crippen LogP contribution in [0.3, 0.4) is 0 Å². The van der Waals surface area contributed by atoms with E-state index < -0.39 is 0 Å². The molecule has 4 rings (SSSR count). The van der Waals surface area contributed by atoms with Crippen LogP contribution in [0.5, 0.6) is 0 Å². The van der Waals surface area contributed by atoms with Crippen LogP contribution >= 0.6 is 0 Å². The minimum atomic E-state index is -0.125. The van der Waals surface area contributed by atoms with Gasteiger partial charge in [0.05, 0.1) is 36.9 Å². The highest BCUT2D eigenvalue weighted by Crippen LogP contribution is 2.40. The molecule has 0 saturated heterocycles. The number of amides is 2. The smallest absolute Gasteiger partial charge is 0.226 e. The summed E-state index contributed by atoms with van der Waals surface area (Å²) in [4.78, 5) is 33.4. The molecule has 0 unspecified atom stereocenters. The molecule has 0 N–H and O–H groups in total. The average Bonchev–Trinajstić information content (AvgIpc) is 3.20. The molecule has 27 heavy (non-hydrogen) atoms.